The van der Waals surface area contributed by atoms with Gasteiger partial charge in [0.1, 0.15) is 0 Å². The van der Waals surface area contributed by atoms with Crippen molar-refractivity contribution >= 4 is 41.9 Å². The van der Waals surface area contributed by atoms with Gasteiger partial charge >= 0.3 is 0 Å². The average molecular weight is 295 g/mol. The number of hydrogen-bond donors (Lipinski definition) is 0. The van der Waals surface area contributed by atoms with Gasteiger partial charge in [-0.15, -0.1) is 0 Å². The highest BCUT2D eigenvalue weighted by Gasteiger charge is 2.16. The molecule has 0 aliphatic heterocycles. The summed E-state index contributed by atoms with van der Waals surface area (Å²) in [7, 11) is -0.0346. The molecule has 0 saturated heterocycles. The lowest BCUT2D eigenvalue weighted by molar-refractivity contribution is 0.522. The topological polar surface area (TPSA) is 37.4 Å². The average Bonchev–Trinajstić information content (AvgIpc) is 1.60. The Morgan fingerprint density at radius 2 is 1.80 bits per heavy atom. The first-order valence-electron chi connectivity index (χ1n) is 2.54. The molecule has 0 N–H and O–H groups in total. The van der Waals surface area contributed by atoms with Gasteiger partial charge in [-0.3, -0.25) is 0 Å². The van der Waals surface area contributed by atoms with Crippen LogP contribution in [0.5, 0.6) is 0 Å². The SMILES string of the molecule is CN(C)S(=O)(=O)CC(Br)Br. The van der Waals surface area contributed by atoms with Crippen molar-refractivity contribution in [3.63, 3.8) is 0 Å². The smallest absolute Gasteiger partial charge is 0.212 e. The Morgan fingerprint density at radius 3 is 1.90 bits per heavy atom. The van der Waals surface area contributed by atoms with Crippen LogP contribution < -0.4 is 0 Å². The van der Waals surface area contributed by atoms with E-state index in [1.165, 1.54) is 18.4 Å². The van der Waals surface area contributed by atoms with E-state index in [1.807, 2.05) is 0 Å². The number of hydrogen-bond acceptors (Lipinski definition) is 2. The maximum Gasteiger partial charge on any atom is 0.215 e. The van der Waals surface area contributed by atoms with Gasteiger partial charge in [-0.1, -0.05) is 31.9 Å². The van der Waals surface area contributed by atoms with Crippen molar-refractivity contribution in [3.8, 4) is 0 Å². The van der Waals surface area contributed by atoms with Crippen molar-refractivity contribution in [1.82, 2.24) is 4.31 Å². The molecule has 0 amide bonds. The molecular weight excluding hydrogens is 286 g/mol. The zero-order valence-electron chi connectivity index (χ0n) is 5.71. The third-order valence-corrected chi connectivity index (χ3v) is 4.26. The molecular formula is C4H9Br2NO2S. The molecule has 0 fully saturated rings. The highest BCUT2D eigenvalue weighted by molar-refractivity contribution is 9.24. The number of halogens is 2. The molecule has 0 rings (SSSR count). The predicted molar refractivity (Wildman–Crippen MR) is 49.1 cm³/mol. The summed E-state index contributed by atoms with van der Waals surface area (Å²) in [5, 5.41) is 0. The van der Waals surface area contributed by atoms with Crippen molar-refractivity contribution in [1.29, 1.82) is 0 Å². The predicted octanol–water partition coefficient (Wildman–Crippen LogP) is 0.994. The zero-order valence-corrected chi connectivity index (χ0v) is 9.70. The van der Waals surface area contributed by atoms with Crippen molar-refractivity contribution in [2.45, 2.75) is 3.74 Å². The van der Waals surface area contributed by atoms with Gasteiger partial charge in [-0.05, 0) is 0 Å². The maximum absolute atomic E-state index is 11.0. The summed E-state index contributed by atoms with van der Waals surface area (Å²) in [5.74, 6) is 0.0694. The fraction of sp³-hybridized carbons (Fsp3) is 1.00. The molecule has 62 valence electrons. The van der Waals surface area contributed by atoms with Crippen molar-refractivity contribution in [3.05, 3.63) is 0 Å². The van der Waals surface area contributed by atoms with Crippen LogP contribution >= 0.6 is 31.9 Å². The van der Waals surface area contributed by atoms with Crippen LogP contribution in [-0.2, 0) is 10.0 Å². The van der Waals surface area contributed by atoms with E-state index in [9.17, 15) is 8.42 Å². The third-order valence-electron chi connectivity index (χ3n) is 0.893. The minimum atomic E-state index is -3.06. The molecule has 0 aliphatic carbocycles. The first-order chi connectivity index (χ1) is 4.36. The van der Waals surface area contributed by atoms with Crippen molar-refractivity contribution in [2.75, 3.05) is 19.8 Å². The molecule has 0 radical (unpaired) electrons. The Labute approximate surface area is 78.1 Å². The number of nitrogens with zero attached hydrogens (tertiary/aromatic N) is 1. The van der Waals surface area contributed by atoms with Gasteiger partial charge in [0, 0.05) is 14.1 Å². The molecule has 0 unspecified atom stereocenters. The minimum Gasteiger partial charge on any atom is -0.212 e. The molecule has 0 spiro atoms. The number of alkyl halides is 2. The first kappa shape index (κ1) is 10.9. The normalized spacial score (nSPS) is 13.0. The lowest BCUT2D eigenvalue weighted by atomic mass is 11.0. The van der Waals surface area contributed by atoms with Gasteiger partial charge in [0.05, 0.1) is 9.49 Å². The largest absolute Gasteiger partial charge is 0.215 e. The number of sulfonamides is 1. The Kier molecular flexibility index (Phi) is 4.39. The summed E-state index contributed by atoms with van der Waals surface area (Å²) in [5.41, 5.74) is 0. The van der Waals surface area contributed by atoms with E-state index >= 15 is 0 Å². The van der Waals surface area contributed by atoms with E-state index < -0.39 is 10.0 Å². The quantitative estimate of drug-likeness (QED) is 0.728. The molecule has 0 atom stereocenters. The molecule has 0 aliphatic rings. The van der Waals surface area contributed by atoms with Crippen LogP contribution in [0.15, 0.2) is 0 Å². The van der Waals surface area contributed by atoms with Gasteiger partial charge in [-0.2, -0.15) is 0 Å². The van der Waals surface area contributed by atoms with Crippen molar-refractivity contribution < 1.29 is 8.42 Å². The van der Waals surface area contributed by atoms with Crippen LogP contribution in [0.3, 0.4) is 0 Å². The Bertz CT molecular complexity index is 187. The standard InChI is InChI=1S/C4H9Br2NO2S/c1-7(2)10(8,9)3-4(5)6/h4H,3H2,1-2H3. The molecule has 6 heteroatoms. The summed E-state index contributed by atoms with van der Waals surface area (Å²) in [6, 6.07) is 0. The maximum atomic E-state index is 11.0. The lowest BCUT2D eigenvalue weighted by Gasteiger charge is -2.10. The summed E-state index contributed by atoms with van der Waals surface area (Å²) in [4.78, 5) is 0. The fourth-order valence-corrected chi connectivity index (χ4v) is 2.93. The Hall–Kier alpha value is 0.870. The lowest BCUT2D eigenvalue weighted by Crippen LogP contribution is -2.27. The van der Waals surface area contributed by atoms with Crippen LogP contribution in [0.25, 0.3) is 0 Å². The molecule has 0 heterocycles. The van der Waals surface area contributed by atoms with Crippen LogP contribution in [0.2, 0.25) is 0 Å². The Balaban J connectivity index is 4.16. The molecule has 3 nitrogen and oxygen atoms in total. The molecule has 0 bridgehead atoms. The van der Waals surface area contributed by atoms with Gasteiger partial charge < -0.3 is 0 Å². The molecule has 10 heavy (non-hydrogen) atoms. The summed E-state index contributed by atoms with van der Waals surface area (Å²) in [6.07, 6.45) is 0. The second-order valence-corrected chi connectivity index (χ2v) is 7.62. The molecule has 0 aromatic carbocycles. The van der Waals surface area contributed by atoms with Crippen LogP contribution in [0.4, 0.5) is 0 Å². The van der Waals surface area contributed by atoms with Crippen LogP contribution in [-0.4, -0.2) is 36.3 Å². The van der Waals surface area contributed by atoms with Crippen LogP contribution in [0, 0.1) is 0 Å². The van der Waals surface area contributed by atoms with Crippen LogP contribution in [0.1, 0.15) is 0 Å². The van der Waals surface area contributed by atoms with E-state index in [2.05, 4.69) is 31.9 Å². The fourth-order valence-electron chi connectivity index (χ4n) is 0.308. The highest BCUT2D eigenvalue weighted by atomic mass is 79.9. The van der Waals surface area contributed by atoms with Crippen molar-refractivity contribution in [2.24, 2.45) is 0 Å². The van der Waals surface area contributed by atoms with E-state index in [1.54, 1.807) is 0 Å². The van der Waals surface area contributed by atoms with E-state index in [0.717, 1.165) is 0 Å². The van der Waals surface area contributed by atoms with E-state index in [-0.39, 0.29) is 9.49 Å². The number of rotatable bonds is 3. The monoisotopic (exact) mass is 293 g/mol. The summed E-state index contributed by atoms with van der Waals surface area (Å²) < 4.78 is 23.0. The van der Waals surface area contributed by atoms with Gasteiger partial charge in [0.2, 0.25) is 10.0 Å². The zero-order chi connectivity index (χ0) is 8.36. The van der Waals surface area contributed by atoms with E-state index in [0.29, 0.717) is 0 Å². The second-order valence-electron chi connectivity index (χ2n) is 1.95. The van der Waals surface area contributed by atoms with Gasteiger partial charge in [0.25, 0.3) is 0 Å². The molecule has 0 aromatic rings. The Morgan fingerprint density at radius 1 is 1.40 bits per heavy atom. The second kappa shape index (κ2) is 4.04. The molecule has 0 aromatic heterocycles. The summed E-state index contributed by atoms with van der Waals surface area (Å²) in [6.45, 7) is 0. The minimum absolute atomic E-state index is 0.0694. The van der Waals surface area contributed by atoms with E-state index in [4.69, 9.17) is 0 Å². The molecule has 0 saturated carbocycles. The summed E-state index contributed by atoms with van der Waals surface area (Å²) >= 11 is 6.18. The first-order valence-corrected chi connectivity index (χ1v) is 5.98. The highest BCUT2D eigenvalue weighted by Crippen LogP contribution is 2.11. The van der Waals surface area contributed by atoms with Gasteiger partial charge in [-0.25, -0.2) is 12.7 Å². The third kappa shape index (κ3) is 3.90. The van der Waals surface area contributed by atoms with Gasteiger partial charge in [0.15, 0.2) is 0 Å².